The van der Waals surface area contributed by atoms with Crippen molar-refractivity contribution >= 4 is 12.2 Å². The third-order valence-electron chi connectivity index (χ3n) is 2.47. The maximum absolute atomic E-state index is 13.4. The Balaban J connectivity index is 2.36. The lowest BCUT2D eigenvalue weighted by molar-refractivity contribution is 0.607. The molecule has 0 aliphatic rings. The summed E-state index contributed by atoms with van der Waals surface area (Å²) in [7, 11) is 0. The van der Waals surface area contributed by atoms with Crippen LogP contribution < -0.4 is 0 Å². The molecule has 0 aliphatic heterocycles. The summed E-state index contributed by atoms with van der Waals surface area (Å²) >= 11 is 5.05. The second kappa shape index (κ2) is 4.17. The molecule has 0 bridgehead atoms. The third kappa shape index (κ3) is 2.04. The van der Waals surface area contributed by atoms with Gasteiger partial charge in [-0.2, -0.15) is 5.10 Å². The van der Waals surface area contributed by atoms with Gasteiger partial charge in [-0.25, -0.2) is 4.39 Å². The molecule has 0 radical (unpaired) electrons. The van der Waals surface area contributed by atoms with Crippen LogP contribution in [0.4, 0.5) is 4.39 Å². The lowest BCUT2D eigenvalue weighted by Gasteiger charge is -2.07. The van der Waals surface area contributed by atoms with E-state index in [1.165, 1.54) is 0 Å². The molecule has 2 aromatic rings. The Kier molecular flexibility index (Phi) is 2.87. The van der Waals surface area contributed by atoms with E-state index >= 15 is 0 Å². The van der Waals surface area contributed by atoms with Crippen LogP contribution in [-0.4, -0.2) is 14.8 Å². The van der Waals surface area contributed by atoms with Crippen molar-refractivity contribution in [2.75, 3.05) is 0 Å². The zero-order valence-corrected chi connectivity index (χ0v) is 9.94. The molecule has 0 atom stereocenters. The average molecular weight is 237 g/mol. The van der Waals surface area contributed by atoms with Gasteiger partial charge in [0, 0.05) is 0 Å². The first-order chi connectivity index (χ1) is 7.58. The van der Waals surface area contributed by atoms with Gasteiger partial charge in [-0.3, -0.25) is 5.10 Å². The van der Waals surface area contributed by atoms with Gasteiger partial charge < -0.3 is 4.57 Å². The van der Waals surface area contributed by atoms with Crippen molar-refractivity contribution < 1.29 is 4.39 Å². The Morgan fingerprint density at radius 1 is 1.38 bits per heavy atom. The minimum absolute atomic E-state index is 0.139. The highest BCUT2D eigenvalue weighted by molar-refractivity contribution is 7.71. The first-order valence-corrected chi connectivity index (χ1v) is 5.34. The molecule has 0 amide bonds. The van der Waals surface area contributed by atoms with Gasteiger partial charge in [-0.15, -0.1) is 0 Å². The molecule has 0 saturated carbocycles. The van der Waals surface area contributed by atoms with Crippen molar-refractivity contribution in [3.05, 3.63) is 45.7 Å². The van der Waals surface area contributed by atoms with Gasteiger partial charge in [0.1, 0.15) is 12.1 Å². The van der Waals surface area contributed by atoms with Crippen LogP contribution in [0.5, 0.6) is 0 Å². The first-order valence-electron chi connectivity index (χ1n) is 4.93. The van der Waals surface area contributed by atoms with Crippen molar-refractivity contribution in [3.8, 4) is 0 Å². The molecule has 1 heterocycles. The lowest BCUT2D eigenvalue weighted by atomic mass is 10.1. The highest BCUT2D eigenvalue weighted by Crippen LogP contribution is 2.15. The molecule has 84 valence electrons. The number of aromatic amines is 1. The minimum atomic E-state index is -0.139. The zero-order valence-electron chi connectivity index (χ0n) is 9.12. The van der Waals surface area contributed by atoms with Gasteiger partial charge >= 0.3 is 0 Å². The van der Waals surface area contributed by atoms with Crippen molar-refractivity contribution in [3.63, 3.8) is 0 Å². The Morgan fingerprint density at radius 2 is 2.00 bits per heavy atom. The number of benzene rings is 1. The summed E-state index contributed by atoms with van der Waals surface area (Å²) in [5.41, 5.74) is 2.34. The Hall–Kier alpha value is -1.49. The highest BCUT2D eigenvalue weighted by atomic mass is 32.1. The molecule has 1 N–H and O–H groups in total. The molecule has 5 heteroatoms. The van der Waals surface area contributed by atoms with E-state index < -0.39 is 0 Å². The average Bonchev–Trinajstić information content (AvgIpc) is 2.61. The van der Waals surface area contributed by atoms with Crippen molar-refractivity contribution in [1.29, 1.82) is 0 Å². The Morgan fingerprint density at radius 3 is 2.50 bits per heavy atom. The number of nitrogens with one attached hydrogen (secondary N) is 1. The van der Waals surface area contributed by atoms with Crippen LogP contribution in [0, 0.1) is 24.4 Å². The molecule has 0 spiro atoms. The van der Waals surface area contributed by atoms with Crippen LogP contribution in [0.1, 0.15) is 16.7 Å². The van der Waals surface area contributed by atoms with E-state index in [1.807, 2.05) is 12.1 Å². The van der Waals surface area contributed by atoms with Gasteiger partial charge in [0.05, 0.1) is 6.54 Å². The van der Waals surface area contributed by atoms with Crippen molar-refractivity contribution in [2.45, 2.75) is 20.4 Å². The summed E-state index contributed by atoms with van der Waals surface area (Å²) < 4.78 is 15.8. The van der Waals surface area contributed by atoms with Crippen LogP contribution in [0.15, 0.2) is 18.5 Å². The van der Waals surface area contributed by atoms with Gasteiger partial charge in [0.15, 0.2) is 4.77 Å². The maximum atomic E-state index is 13.4. The van der Waals surface area contributed by atoms with Crippen LogP contribution >= 0.6 is 12.2 Å². The molecule has 16 heavy (non-hydrogen) atoms. The lowest BCUT2D eigenvalue weighted by Crippen LogP contribution is -2.00. The Labute approximate surface area is 97.9 Å². The summed E-state index contributed by atoms with van der Waals surface area (Å²) in [4.78, 5) is 0. The SMILES string of the molecule is Cc1cc(Cn2cn[nH]c2=S)cc(C)c1F. The first kappa shape index (κ1) is 11.0. The zero-order chi connectivity index (χ0) is 11.7. The minimum Gasteiger partial charge on any atom is -0.302 e. The van der Waals surface area contributed by atoms with Gasteiger partial charge in [-0.05, 0) is 42.8 Å². The molecule has 0 fully saturated rings. The second-order valence-electron chi connectivity index (χ2n) is 3.83. The number of rotatable bonds is 2. The Bertz CT molecular complexity index is 548. The fourth-order valence-electron chi connectivity index (χ4n) is 1.71. The van der Waals surface area contributed by atoms with Crippen molar-refractivity contribution in [2.24, 2.45) is 0 Å². The number of hydrogen-bond acceptors (Lipinski definition) is 2. The van der Waals surface area contributed by atoms with Crippen LogP contribution in [0.3, 0.4) is 0 Å². The number of H-pyrrole nitrogens is 1. The summed E-state index contributed by atoms with van der Waals surface area (Å²) in [5.74, 6) is -0.139. The molecule has 0 unspecified atom stereocenters. The third-order valence-corrected chi connectivity index (χ3v) is 2.79. The number of aromatic nitrogens is 3. The molecule has 3 nitrogen and oxygen atoms in total. The van der Waals surface area contributed by atoms with Gasteiger partial charge in [0.25, 0.3) is 0 Å². The topological polar surface area (TPSA) is 33.6 Å². The number of aryl methyl sites for hydroxylation is 2. The number of hydrogen-bond donors (Lipinski definition) is 1. The van der Waals surface area contributed by atoms with Gasteiger partial charge in [-0.1, -0.05) is 12.1 Å². The van der Waals surface area contributed by atoms with Crippen LogP contribution in [0.2, 0.25) is 0 Å². The van der Waals surface area contributed by atoms with Gasteiger partial charge in [0.2, 0.25) is 0 Å². The number of halogens is 1. The fraction of sp³-hybridized carbons (Fsp3) is 0.273. The van der Waals surface area contributed by atoms with E-state index in [-0.39, 0.29) is 5.82 Å². The normalized spacial score (nSPS) is 10.7. The molecule has 0 saturated heterocycles. The predicted octanol–water partition coefficient (Wildman–Crippen LogP) is 2.74. The van der Waals surface area contributed by atoms with Crippen LogP contribution in [-0.2, 0) is 6.54 Å². The highest BCUT2D eigenvalue weighted by Gasteiger charge is 2.05. The summed E-state index contributed by atoms with van der Waals surface area (Å²) in [6.45, 7) is 4.14. The smallest absolute Gasteiger partial charge is 0.195 e. The van der Waals surface area contributed by atoms with E-state index in [9.17, 15) is 4.39 Å². The molecular formula is C11H12FN3S. The fourth-order valence-corrected chi connectivity index (χ4v) is 1.87. The number of nitrogens with zero attached hydrogens (tertiary/aromatic N) is 2. The monoisotopic (exact) mass is 237 g/mol. The maximum Gasteiger partial charge on any atom is 0.195 e. The van der Waals surface area contributed by atoms with Crippen LogP contribution in [0.25, 0.3) is 0 Å². The predicted molar refractivity (Wildman–Crippen MR) is 62.4 cm³/mol. The molecule has 0 aliphatic carbocycles. The summed E-state index contributed by atoms with van der Waals surface area (Å²) in [6, 6.07) is 3.66. The van der Waals surface area contributed by atoms with E-state index in [0.717, 1.165) is 5.56 Å². The molecule has 1 aromatic carbocycles. The van der Waals surface area contributed by atoms with Crippen molar-refractivity contribution in [1.82, 2.24) is 14.8 Å². The standard InChI is InChI=1S/C11H12FN3S/c1-7-3-9(4-8(2)10(7)12)5-15-6-13-14-11(15)16/h3-4,6H,5H2,1-2H3,(H,14,16). The summed E-state index contributed by atoms with van der Waals surface area (Å²) in [6.07, 6.45) is 1.64. The molecule has 2 rings (SSSR count). The second-order valence-corrected chi connectivity index (χ2v) is 4.22. The van der Waals surface area contributed by atoms with E-state index in [2.05, 4.69) is 10.2 Å². The van der Waals surface area contributed by atoms with E-state index in [4.69, 9.17) is 12.2 Å². The van der Waals surface area contributed by atoms with E-state index in [1.54, 1.807) is 24.7 Å². The largest absolute Gasteiger partial charge is 0.302 e. The molecular weight excluding hydrogens is 225 g/mol. The van der Waals surface area contributed by atoms with E-state index in [0.29, 0.717) is 22.4 Å². The quantitative estimate of drug-likeness (QED) is 0.815. The molecule has 1 aromatic heterocycles. The summed E-state index contributed by atoms with van der Waals surface area (Å²) in [5, 5.41) is 6.52.